The average molecular weight is 421 g/mol. The molecule has 0 aliphatic heterocycles. The van der Waals surface area contributed by atoms with Crippen LogP contribution in [-0.2, 0) is 19.0 Å². The molecule has 0 amide bonds. The largest absolute Gasteiger partial charge is 0.469 e. The monoisotopic (exact) mass is 420 g/mol. The van der Waals surface area contributed by atoms with Gasteiger partial charge in [-0.05, 0) is 105 Å². The molecule has 4 fully saturated rings. The van der Waals surface area contributed by atoms with Crippen molar-refractivity contribution >= 4 is 5.97 Å². The van der Waals surface area contributed by atoms with Crippen molar-refractivity contribution in [3.63, 3.8) is 0 Å². The fourth-order valence-corrected chi connectivity index (χ4v) is 8.80. The first-order chi connectivity index (χ1) is 14.4. The molecule has 4 nitrogen and oxygen atoms in total. The number of hydrogen-bond acceptors (Lipinski definition) is 4. The molecular weight excluding hydrogens is 376 g/mol. The molecule has 4 aliphatic carbocycles. The molecule has 0 heterocycles. The summed E-state index contributed by atoms with van der Waals surface area (Å²) in [5.74, 6) is 3.72. The van der Waals surface area contributed by atoms with E-state index in [2.05, 4.69) is 13.8 Å². The number of ether oxygens (including phenoxy) is 3. The second-order valence-electron chi connectivity index (χ2n) is 11.4. The predicted octanol–water partition coefficient (Wildman–Crippen LogP) is 5.63. The summed E-state index contributed by atoms with van der Waals surface area (Å²) in [5, 5.41) is 0. The number of carbonyl (C=O) groups excluding carboxylic acids is 1. The van der Waals surface area contributed by atoms with Gasteiger partial charge in [0.15, 0.2) is 0 Å². The quantitative estimate of drug-likeness (QED) is 0.523. The van der Waals surface area contributed by atoms with Crippen LogP contribution in [0.5, 0.6) is 0 Å². The van der Waals surface area contributed by atoms with Gasteiger partial charge in [0.1, 0.15) is 0 Å². The molecule has 4 aliphatic rings. The summed E-state index contributed by atoms with van der Waals surface area (Å²) < 4.78 is 16.9. The lowest BCUT2D eigenvalue weighted by atomic mass is 9.44. The summed E-state index contributed by atoms with van der Waals surface area (Å²) in [5.41, 5.74) is 0.875. The number of hydrogen-bond donors (Lipinski definition) is 0. The summed E-state index contributed by atoms with van der Waals surface area (Å²) in [6.07, 6.45) is 13.9. The summed E-state index contributed by atoms with van der Waals surface area (Å²) in [4.78, 5) is 11.6. The van der Waals surface area contributed by atoms with Crippen molar-refractivity contribution in [2.24, 2.45) is 40.4 Å². The van der Waals surface area contributed by atoms with Gasteiger partial charge >= 0.3 is 5.97 Å². The van der Waals surface area contributed by atoms with Gasteiger partial charge in [-0.2, -0.15) is 0 Å². The lowest BCUT2D eigenvalue weighted by Crippen LogP contribution is -2.59. The fraction of sp³-hybridized carbons (Fsp3) is 0.962. The average Bonchev–Trinajstić information content (AvgIpc) is 3.09. The van der Waals surface area contributed by atoms with E-state index in [-0.39, 0.29) is 5.97 Å². The normalized spacial score (nSPS) is 47.8. The Labute approximate surface area is 183 Å². The van der Waals surface area contributed by atoms with Crippen molar-refractivity contribution < 1.29 is 19.0 Å². The van der Waals surface area contributed by atoms with E-state index in [1.165, 1.54) is 64.9 Å². The second kappa shape index (κ2) is 8.73. The van der Waals surface area contributed by atoms with Crippen LogP contribution in [0.25, 0.3) is 0 Å². The minimum Gasteiger partial charge on any atom is -0.469 e. The predicted molar refractivity (Wildman–Crippen MR) is 118 cm³/mol. The number of carbonyl (C=O) groups is 1. The van der Waals surface area contributed by atoms with Crippen LogP contribution in [0, 0.1) is 40.4 Å². The molecule has 4 saturated carbocycles. The Bertz CT molecular complexity index is 620. The molecule has 4 heteroatoms. The maximum atomic E-state index is 11.6. The third-order valence-electron chi connectivity index (χ3n) is 10.6. The highest BCUT2D eigenvalue weighted by molar-refractivity contribution is 5.68. The Balaban J connectivity index is 1.51. The van der Waals surface area contributed by atoms with Crippen molar-refractivity contribution in [3.8, 4) is 0 Å². The van der Waals surface area contributed by atoms with Gasteiger partial charge in [-0.1, -0.05) is 13.8 Å². The van der Waals surface area contributed by atoms with Crippen molar-refractivity contribution in [2.45, 2.75) is 96.7 Å². The lowest BCUT2D eigenvalue weighted by Gasteiger charge is -2.63. The fourth-order valence-electron chi connectivity index (χ4n) is 8.80. The molecule has 30 heavy (non-hydrogen) atoms. The van der Waals surface area contributed by atoms with Crippen LogP contribution < -0.4 is 0 Å². The van der Waals surface area contributed by atoms with Gasteiger partial charge in [0, 0.05) is 20.6 Å². The Morgan fingerprint density at radius 2 is 1.63 bits per heavy atom. The molecule has 0 bridgehead atoms. The molecule has 0 aromatic rings. The number of fused-ring (bicyclic) bond motifs is 5. The van der Waals surface area contributed by atoms with E-state index in [0.29, 0.717) is 35.4 Å². The summed E-state index contributed by atoms with van der Waals surface area (Å²) in [6, 6.07) is 0. The maximum absolute atomic E-state index is 11.6. The van der Waals surface area contributed by atoms with Crippen molar-refractivity contribution in [2.75, 3.05) is 21.3 Å². The van der Waals surface area contributed by atoms with Crippen LogP contribution in [0.3, 0.4) is 0 Å². The first kappa shape index (κ1) is 22.6. The molecule has 0 N–H and O–H groups in total. The standard InChI is InChI=1S/C26H44O4/c1-25-14-12-21-24(20(25)10-9-17(25)7-6-8-23(27)30-5)22(29-4)16-18-15-19(28-3)11-13-26(18,21)2/h17-22,24H,6-16H2,1-5H3/t17-,18-,19+,20-,21-,22+,24-,25+,26-/m0/s1. The van der Waals surface area contributed by atoms with Crippen molar-refractivity contribution in [3.05, 3.63) is 0 Å². The van der Waals surface area contributed by atoms with Gasteiger partial charge in [0.25, 0.3) is 0 Å². The van der Waals surface area contributed by atoms with E-state index in [9.17, 15) is 4.79 Å². The Morgan fingerprint density at radius 1 is 0.900 bits per heavy atom. The Kier molecular flexibility index (Phi) is 6.57. The third kappa shape index (κ3) is 3.64. The number of rotatable bonds is 6. The topological polar surface area (TPSA) is 44.8 Å². The van der Waals surface area contributed by atoms with Crippen LogP contribution in [0.15, 0.2) is 0 Å². The smallest absolute Gasteiger partial charge is 0.305 e. The molecule has 0 radical (unpaired) electrons. The molecule has 0 unspecified atom stereocenters. The Hall–Kier alpha value is -0.610. The lowest BCUT2D eigenvalue weighted by molar-refractivity contribution is -0.182. The van der Waals surface area contributed by atoms with Crippen LogP contribution >= 0.6 is 0 Å². The number of methoxy groups -OCH3 is 3. The van der Waals surface area contributed by atoms with Crippen LogP contribution in [0.4, 0.5) is 0 Å². The molecule has 9 atom stereocenters. The zero-order valence-corrected chi connectivity index (χ0v) is 20.0. The Morgan fingerprint density at radius 3 is 2.33 bits per heavy atom. The van der Waals surface area contributed by atoms with E-state index in [1.807, 2.05) is 14.2 Å². The van der Waals surface area contributed by atoms with E-state index in [0.717, 1.165) is 30.1 Å². The minimum atomic E-state index is -0.0595. The van der Waals surface area contributed by atoms with E-state index < -0.39 is 0 Å². The second-order valence-corrected chi connectivity index (χ2v) is 11.4. The van der Waals surface area contributed by atoms with E-state index >= 15 is 0 Å². The van der Waals surface area contributed by atoms with Crippen LogP contribution in [0.1, 0.15) is 84.5 Å². The van der Waals surface area contributed by atoms with Gasteiger partial charge in [0.05, 0.1) is 19.3 Å². The molecule has 0 aromatic heterocycles. The van der Waals surface area contributed by atoms with Gasteiger partial charge in [-0.25, -0.2) is 0 Å². The molecule has 172 valence electrons. The minimum absolute atomic E-state index is 0.0595. The van der Waals surface area contributed by atoms with Gasteiger partial charge in [0.2, 0.25) is 0 Å². The zero-order chi connectivity index (χ0) is 21.5. The highest BCUT2D eigenvalue weighted by Gasteiger charge is 2.62. The van der Waals surface area contributed by atoms with Crippen LogP contribution in [0.2, 0.25) is 0 Å². The van der Waals surface area contributed by atoms with Gasteiger partial charge in [-0.15, -0.1) is 0 Å². The first-order valence-electron chi connectivity index (χ1n) is 12.5. The zero-order valence-electron chi connectivity index (χ0n) is 20.0. The molecule has 4 rings (SSSR count). The summed E-state index contributed by atoms with van der Waals surface area (Å²) >= 11 is 0. The molecule has 0 saturated heterocycles. The SMILES string of the molecule is COC(=O)CCC[C@H]1CC[C@H]2[C@@H]3[C@H](OC)C[C@@H]4C[C@H](OC)CC[C@]4(C)[C@H]3CC[C@]12C. The highest BCUT2D eigenvalue weighted by atomic mass is 16.5. The maximum Gasteiger partial charge on any atom is 0.305 e. The van der Waals surface area contributed by atoms with Crippen molar-refractivity contribution in [1.29, 1.82) is 0 Å². The first-order valence-corrected chi connectivity index (χ1v) is 12.5. The highest BCUT2D eigenvalue weighted by Crippen LogP contribution is 2.68. The third-order valence-corrected chi connectivity index (χ3v) is 10.6. The van der Waals surface area contributed by atoms with Gasteiger partial charge in [-0.3, -0.25) is 4.79 Å². The van der Waals surface area contributed by atoms with Crippen LogP contribution in [-0.4, -0.2) is 39.5 Å². The van der Waals surface area contributed by atoms with E-state index in [4.69, 9.17) is 14.2 Å². The molecular formula is C26H44O4. The van der Waals surface area contributed by atoms with E-state index in [1.54, 1.807) is 0 Å². The molecule has 0 aromatic carbocycles. The summed E-state index contributed by atoms with van der Waals surface area (Å²) in [6.45, 7) is 5.19. The number of esters is 1. The molecule has 0 spiro atoms. The van der Waals surface area contributed by atoms with Crippen molar-refractivity contribution in [1.82, 2.24) is 0 Å². The van der Waals surface area contributed by atoms with Gasteiger partial charge < -0.3 is 14.2 Å². The summed E-state index contributed by atoms with van der Waals surface area (Å²) in [7, 11) is 5.34.